The Morgan fingerprint density at radius 2 is 2.04 bits per heavy atom. The summed E-state index contributed by atoms with van der Waals surface area (Å²) in [6, 6.07) is 3.95. The molecule has 4 rings (SSSR count). The second-order valence-corrected chi connectivity index (χ2v) is 7.75. The van der Waals surface area contributed by atoms with Crippen LogP contribution >= 0.6 is 11.6 Å². The van der Waals surface area contributed by atoms with E-state index in [1.807, 2.05) is 0 Å². The third-order valence-electron chi connectivity index (χ3n) is 5.37. The number of nitrogens with one attached hydrogen (secondary N) is 1. The molecule has 2 N–H and O–H groups in total. The molecule has 3 atom stereocenters. The number of fused-ring (bicyclic) bond motifs is 2. The maximum absolute atomic E-state index is 12.5. The van der Waals surface area contributed by atoms with Crippen molar-refractivity contribution in [3.05, 3.63) is 22.7 Å². The van der Waals surface area contributed by atoms with Crippen LogP contribution in [0.2, 0.25) is 5.02 Å². The first kappa shape index (κ1) is 18.8. The quantitative estimate of drug-likeness (QED) is 0.772. The molecule has 3 aliphatic rings. The highest BCUT2D eigenvalue weighted by Crippen LogP contribution is 2.35. The van der Waals surface area contributed by atoms with E-state index in [2.05, 4.69) is 10.2 Å². The van der Waals surface area contributed by atoms with E-state index in [9.17, 15) is 4.79 Å². The number of hydrogen-bond donors (Lipinski definition) is 2. The molecule has 1 aromatic rings. The molecule has 0 unspecified atom stereocenters. The summed E-state index contributed by atoms with van der Waals surface area (Å²) in [5, 5.41) is 12.7. The number of carbonyl (C=O) groups excluding carboxylic acids is 1. The van der Waals surface area contributed by atoms with Crippen LogP contribution < -0.4 is 14.8 Å². The van der Waals surface area contributed by atoms with Gasteiger partial charge in [-0.25, -0.2) is 0 Å². The monoisotopic (exact) mass is 396 g/mol. The fourth-order valence-electron chi connectivity index (χ4n) is 4.06. The number of aliphatic hydroxyl groups excluding tert-OH is 1. The average Bonchev–Trinajstić information content (AvgIpc) is 3.04. The topological polar surface area (TPSA) is 80.3 Å². The van der Waals surface area contributed by atoms with E-state index in [0.717, 1.165) is 25.1 Å². The number of amides is 1. The minimum absolute atomic E-state index is 0.0498. The minimum atomic E-state index is -0.0498. The molecule has 1 amide bonds. The Balaban J connectivity index is 1.33. The van der Waals surface area contributed by atoms with Crippen molar-refractivity contribution in [3.8, 4) is 11.5 Å². The average molecular weight is 397 g/mol. The Kier molecular flexibility index (Phi) is 5.73. The molecule has 0 spiro atoms. The number of morpholine rings is 1. The standard InChI is InChI=1S/C19H25ClN2O5/c20-16-8-18-17(25-3-4-26-18)5-12(16)6-19(24)21-13-7-14-11-27-15(1-2-23)10-22(14)9-13/h5,8,13-15,23H,1-4,6-7,9-11H2,(H,21,24)/t13-,14-,15-/m0/s1. The van der Waals surface area contributed by atoms with Crippen molar-refractivity contribution in [3.63, 3.8) is 0 Å². The zero-order valence-electron chi connectivity index (χ0n) is 15.2. The maximum Gasteiger partial charge on any atom is 0.224 e. The van der Waals surface area contributed by atoms with E-state index in [4.69, 9.17) is 30.9 Å². The van der Waals surface area contributed by atoms with E-state index in [1.165, 1.54) is 0 Å². The highest BCUT2D eigenvalue weighted by molar-refractivity contribution is 6.31. The lowest BCUT2D eigenvalue weighted by Gasteiger charge is -2.34. The van der Waals surface area contributed by atoms with Gasteiger partial charge in [0.15, 0.2) is 11.5 Å². The van der Waals surface area contributed by atoms with Crippen LogP contribution in [0.25, 0.3) is 0 Å². The number of rotatable bonds is 5. The van der Waals surface area contributed by atoms with Crippen LogP contribution in [0.1, 0.15) is 18.4 Å². The lowest BCUT2D eigenvalue weighted by atomic mass is 10.1. The number of hydrogen-bond acceptors (Lipinski definition) is 6. The number of nitrogens with zero attached hydrogens (tertiary/aromatic N) is 1. The van der Waals surface area contributed by atoms with Gasteiger partial charge in [0.25, 0.3) is 0 Å². The van der Waals surface area contributed by atoms with E-state index in [0.29, 0.717) is 48.8 Å². The summed E-state index contributed by atoms with van der Waals surface area (Å²) in [5.74, 6) is 1.21. The third-order valence-corrected chi connectivity index (χ3v) is 5.72. The van der Waals surface area contributed by atoms with Gasteiger partial charge in [-0.1, -0.05) is 11.6 Å². The molecule has 0 bridgehead atoms. The first-order valence-electron chi connectivity index (χ1n) is 9.46. The van der Waals surface area contributed by atoms with Crippen LogP contribution in [-0.2, 0) is 16.0 Å². The van der Waals surface area contributed by atoms with Gasteiger partial charge in [0.05, 0.1) is 19.1 Å². The molecule has 1 aromatic carbocycles. The van der Waals surface area contributed by atoms with Crippen LogP contribution in [0.4, 0.5) is 0 Å². The second kappa shape index (κ2) is 8.22. The SMILES string of the molecule is O=C(Cc1cc2c(cc1Cl)OCCO2)N[C@H]1C[C@H]2CO[C@@H](CCO)CN2C1. The largest absolute Gasteiger partial charge is 0.486 e. The van der Waals surface area contributed by atoms with Crippen molar-refractivity contribution in [1.82, 2.24) is 10.2 Å². The molecule has 8 heteroatoms. The summed E-state index contributed by atoms with van der Waals surface area (Å²) < 4.78 is 16.9. The van der Waals surface area contributed by atoms with Crippen molar-refractivity contribution in [2.75, 3.05) is 39.5 Å². The molecule has 2 saturated heterocycles. The van der Waals surface area contributed by atoms with Crippen LogP contribution in [0.15, 0.2) is 12.1 Å². The zero-order chi connectivity index (χ0) is 18.8. The van der Waals surface area contributed by atoms with Crippen molar-refractivity contribution in [2.45, 2.75) is 37.5 Å². The summed E-state index contributed by atoms with van der Waals surface area (Å²) >= 11 is 6.31. The Labute approximate surface area is 163 Å². The highest BCUT2D eigenvalue weighted by atomic mass is 35.5. The molecule has 0 radical (unpaired) electrons. The van der Waals surface area contributed by atoms with E-state index < -0.39 is 0 Å². The predicted molar refractivity (Wildman–Crippen MR) is 99.5 cm³/mol. The first-order valence-corrected chi connectivity index (χ1v) is 9.84. The minimum Gasteiger partial charge on any atom is -0.486 e. The van der Waals surface area contributed by atoms with Crippen LogP contribution in [-0.4, -0.2) is 73.6 Å². The summed E-state index contributed by atoms with van der Waals surface area (Å²) in [7, 11) is 0. The van der Waals surface area contributed by atoms with E-state index >= 15 is 0 Å². The number of ether oxygens (including phenoxy) is 3. The van der Waals surface area contributed by atoms with Crippen LogP contribution in [0, 0.1) is 0 Å². The van der Waals surface area contributed by atoms with Crippen LogP contribution in [0.5, 0.6) is 11.5 Å². The normalized spacial score (nSPS) is 27.3. The van der Waals surface area contributed by atoms with E-state index in [1.54, 1.807) is 12.1 Å². The Hall–Kier alpha value is -1.54. The number of halogens is 1. The van der Waals surface area contributed by atoms with Gasteiger partial charge in [0.1, 0.15) is 13.2 Å². The molecule has 3 heterocycles. The lowest BCUT2D eigenvalue weighted by Crippen LogP contribution is -2.46. The summed E-state index contributed by atoms with van der Waals surface area (Å²) in [6.07, 6.45) is 1.83. The summed E-state index contributed by atoms with van der Waals surface area (Å²) in [4.78, 5) is 14.9. The number of aliphatic hydroxyl groups is 1. The molecule has 2 fully saturated rings. The zero-order valence-corrected chi connectivity index (χ0v) is 15.9. The fraction of sp³-hybridized carbons (Fsp3) is 0.632. The fourth-order valence-corrected chi connectivity index (χ4v) is 4.28. The van der Waals surface area contributed by atoms with Gasteiger partial charge in [-0.05, 0) is 24.5 Å². The molecule has 0 saturated carbocycles. The smallest absolute Gasteiger partial charge is 0.224 e. The highest BCUT2D eigenvalue weighted by Gasteiger charge is 2.37. The summed E-state index contributed by atoms with van der Waals surface area (Å²) in [5.41, 5.74) is 0.737. The van der Waals surface area contributed by atoms with Gasteiger partial charge in [-0.3, -0.25) is 9.69 Å². The molecular weight excluding hydrogens is 372 g/mol. The van der Waals surface area contributed by atoms with Gasteiger partial charge in [-0.15, -0.1) is 0 Å². The van der Waals surface area contributed by atoms with Crippen molar-refractivity contribution >= 4 is 17.5 Å². The number of carbonyl (C=O) groups is 1. The Bertz CT molecular complexity index is 701. The van der Waals surface area contributed by atoms with Gasteiger partial charge < -0.3 is 24.6 Å². The van der Waals surface area contributed by atoms with Gasteiger partial charge >= 0.3 is 0 Å². The Morgan fingerprint density at radius 3 is 2.81 bits per heavy atom. The number of benzene rings is 1. The van der Waals surface area contributed by atoms with Gasteiger partial charge in [0, 0.05) is 42.9 Å². The molecule has 3 aliphatic heterocycles. The molecule has 0 aromatic heterocycles. The Morgan fingerprint density at radius 1 is 1.26 bits per heavy atom. The molecule has 27 heavy (non-hydrogen) atoms. The first-order chi connectivity index (χ1) is 13.1. The van der Waals surface area contributed by atoms with Crippen molar-refractivity contribution in [2.24, 2.45) is 0 Å². The molecule has 148 valence electrons. The van der Waals surface area contributed by atoms with E-state index in [-0.39, 0.29) is 31.1 Å². The third kappa shape index (κ3) is 4.32. The maximum atomic E-state index is 12.5. The van der Waals surface area contributed by atoms with Crippen LogP contribution in [0.3, 0.4) is 0 Å². The summed E-state index contributed by atoms with van der Waals surface area (Å²) in [6.45, 7) is 3.43. The van der Waals surface area contributed by atoms with Crippen molar-refractivity contribution in [1.29, 1.82) is 0 Å². The van der Waals surface area contributed by atoms with Gasteiger partial charge in [-0.2, -0.15) is 0 Å². The van der Waals surface area contributed by atoms with Gasteiger partial charge in [0.2, 0.25) is 5.91 Å². The molecular formula is C19H25ClN2O5. The molecule has 7 nitrogen and oxygen atoms in total. The predicted octanol–water partition coefficient (Wildman–Crippen LogP) is 0.994. The lowest BCUT2D eigenvalue weighted by molar-refractivity contribution is -0.121. The second-order valence-electron chi connectivity index (χ2n) is 7.34. The molecule has 0 aliphatic carbocycles. The van der Waals surface area contributed by atoms with Crippen molar-refractivity contribution < 1.29 is 24.1 Å².